The Morgan fingerprint density at radius 1 is 1.31 bits per heavy atom. The highest BCUT2D eigenvalue weighted by molar-refractivity contribution is 9.10. The van der Waals surface area contributed by atoms with E-state index in [-0.39, 0.29) is 0 Å². The van der Waals surface area contributed by atoms with Gasteiger partial charge in [-0.25, -0.2) is 0 Å². The molecule has 0 spiro atoms. The number of nitrogens with one attached hydrogen (secondary N) is 1. The zero-order valence-electron chi connectivity index (χ0n) is 7.39. The Balaban J connectivity index is 2.09. The second kappa shape index (κ2) is 2.74. The first-order valence-electron chi connectivity index (χ1n) is 4.90. The number of halogens is 1. The van der Waals surface area contributed by atoms with Gasteiger partial charge < -0.3 is 5.32 Å². The minimum absolute atomic E-state index is 0.726. The smallest absolute Gasteiger partial charge is 0.0379 e. The molecule has 2 atom stereocenters. The first-order chi connectivity index (χ1) is 6.34. The van der Waals surface area contributed by atoms with E-state index in [1.807, 2.05) is 0 Å². The van der Waals surface area contributed by atoms with E-state index in [0.29, 0.717) is 0 Å². The van der Waals surface area contributed by atoms with E-state index in [9.17, 15) is 0 Å². The molecule has 0 radical (unpaired) electrons. The molecular weight excluding hydrogens is 226 g/mol. The van der Waals surface area contributed by atoms with Crippen molar-refractivity contribution in [2.24, 2.45) is 0 Å². The quantitative estimate of drug-likeness (QED) is 0.729. The molecule has 0 bridgehead atoms. The van der Waals surface area contributed by atoms with Crippen molar-refractivity contribution >= 4 is 21.6 Å². The van der Waals surface area contributed by atoms with Crippen molar-refractivity contribution in [2.75, 3.05) is 5.32 Å². The molecule has 1 aliphatic heterocycles. The second-order valence-corrected chi connectivity index (χ2v) is 4.94. The van der Waals surface area contributed by atoms with Crippen molar-refractivity contribution < 1.29 is 0 Å². The van der Waals surface area contributed by atoms with Gasteiger partial charge in [0.15, 0.2) is 0 Å². The molecule has 1 saturated carbocycles. The zero-order valence-corrected chi connectivity index (χ0v) is 8.97. The van der Waals surface area contributed by atoms with Crippen LogP contribution in [0.4, 0.5) is 5.69 Å². The second-order valence-electron chi connectivity index (χ2n) is 4.02. The fourth-order valence-corrected chi connectivity index (χ4v) is 3.06. The van der Waals surface area contributed by atoms with Gasteiger partial charge in [0, 0.05) is 22.1 Å². The predicted molar refractivity (Wildman–Crippen MR) is 58.1 cm³/mol. The van der Waals surface area contributed by atoms with Gasteiger partial charge >= 0.3 is 0 Å². The van der Waals surface area contributed by atoms with E-state index in [2.05, 4.69) is 39.4 Å². The predicted octanol–water partition coefficient (Wildman–Crippen LogP) is 3.51. The molecule has 1 N–H and O–H groups in total. The van der Waals surface area contributed by atoms with E-state index in [4.69, 9.17) is 0 Å². The minimum Gasteiger partial charge on any atom is -0.381 e. The van der Waals surface area contributed by atoms with Gasteiger partial charge in [-0.15, -0.1) is 0 Å². The Labute approximate surface area is 86.7 Å². The first kappa shape index (κ1) is 7.86. The van der Waals surface area contributed by atoms with Gasteiger partial charge in [-0.3, -0.25) is 0 Å². The fraction of sp³-hybridized carbons (Fsp3) is 0.455. The SMILES string of the molecule is Brc1ccc2c(c1)C1CCCC1N2. The molecule has 2 heteroatoms. The maximum Gasteiger partial charge on any atom is 0.0379 e. The van der Waals surface area contributed by atoms with E-state index < -0.39 is 0 Å². The highest BCUT2D eigenvalue weighted by Crippen LogP contribution is 2.45. The Kier molecular flexibility index (Phi) is 1.66. The van der Waals surface area contributed by atoms with Crippen molar-refractivity contribution in [3.05, 3.63) is 28.2 Å². The topological polar surface area (TPSA) is 12.0 Å². The Bertz CT molecular complexity index is 348. The third kappa shape index (κ3) is 1.12. The summed E-state index contributed by atoms with van der Waals surface area (Å²) in [6, 6.07) is 7.31. The average Bonchev–Trinajstić information content (AvgIpc) is 2.64. The molecule has 1 heterocycles. The summed E-state index contributed by atoms with van der Waals surface area (Å²) in [5.74, 6) is 0.785. The lowest BCUT2D eigenvalue weighted by Gasteiger charge is -2.08. The summed E-state index contributed by atoms with van der Waals surface area (Å²) in [6.45, 7) is 0. The molecule has 68 valence electrons. The molecule has 13 heavy (non-hydrogen) atoms. The van der Waals surface area contributed by atoms with Gasteiger partial charge in [-0.2, -0.15) is 0 Å². The molecule has 2 unspecified atom stereocenters. The van der Waals surface area contributed by atoms with Crippen LogP contribution in [0.3, 0.4) is 0 Å². The van der Waals surface area contributed by atoms with Gasteiger partial charge in [0.05, 0.1) is 0 Å². The highest BCUT2D eigenvalue weighted by Gasteiger charge is 2.35. The molecule has 1 fully saturated rings. The van der Waals surface area contributed by atoms with Gasteiger partial charge in [-0.1, -0.05) is 22.4 Å². The summed E-state index contributed by atoms with van der Waals surface area (Å²) in [7, 11) is 0. The van der Waals surface area contributed by atoms with Crippen molar-refractivity contribution in [1.82, 2.24) is 0 Å². The highest BCUT2D eigenvalue weighted by atomic mass is 79.9. The van der Waals surface area contributed by atoms with E-state index >= 15 is 0 Å². The zero-order chi connectivity index (χ0) is 8.84. The molecule has 3 rings (SSSR count). The van der Waals surface area contributed by atoms with Crippen LogP contribution < -0.4 is 5.32 Å². The lowest BCUT2D eigenvalue weighted by Crippen LogP contribution is -2.13. The standard InChI is InChI=1S/C11H12BrN/c12-7-4-5-11-9(6-7)8-2-1-3-10(8)13-11/h4-6,8,10,13H,1-3H2. The van der Waals surface area contributed by atoms with Crippen molar-refractivity contribution in [3.8, 4) is 0 Å². The summed E-state index contributed by atoms with van der Waals surface area (Å²) in [6.07, 6.45) is 4.09. The van der Waals surface area contributed by atoms with Crippen LogP contribution in [0.1, 0.15) is 30.7 Å². The Morgan fingerprint density at radius 2 is 2.23 bits per heavy atom. The third-order valence-electron chi connectivity index (χ3n) is 3.27. The normalized spacial score (nSPS) is 29.6. The summed E-state index contributed by atoms with van der Waals surface area (Å²) in [4.78, 5) is 0. The van der Waals surface area contributed by atoms with Crippen molar-refractivity contribution in [3.63, 3.8) is 0 Å². The molecule has 0 amide bonds. The van der Waals surface area contributed by atoms with Gasteiger partial charge in [-0.05, 0) is 36.6 Å². The van der Waals surface area contributed by atoms with Crippen molar-refractivity contribution in [1.29, 1.82) is 0 Å². The molecule has 1 aromatic carbocycles. The maximum absolute atomic E-state index is 3.60. The fourth-order valence-electron chi connectivity index (χ4n) is 2.68. The number of hydrogen-bond acceptors (Lipinski definition) is 1. The molecular formula is C11H12BrN. The van der Waals surface area contributed by atoms with Crippen LogP contribution in [0, 0.1) is 0 Å². The molecule has 1 aliphatic carbocycles. The summed E-state index contributed by atoms with van der Waals surface area (Å²) in [5.41, 5.74) is 2.88. The van der Waals surface area contributed by atoms with E-state index in [1.165, 1.54) is 35.0 Å². The van der Waals surface area contributed by atoms with Crippen LogP contribution >= 0.6 is 15.9 Å². The number of rotatable bonds is 0. The Hall–Kier alpha value is -0.500. The maximum atomic E-state index is 3.60. The van der Waals surface area contributed by atoms with Crippen LogP contribution in [-0.2, 0) is 0 Å². The van der Waals surface area contributed by atoms with E-state index in [1.54, 1.807) is 0 Å². The first-order valence-corrected chi connectivity index (χ1v) is 5.70. The summed E-state index contributed by atoms with van der Waals surface area (Å²) in [5, 5.41) is 3.60. The molecule has 2 aliphatic rings. The minimum atomic E-state index is 0.726. The van der Waals surface area contributed by atoms with Crippen LogP contribution in [0.5, 0.6) is 0 Å². The van der Waals surface area contributed by atoms with Crippen LogP contribution in [-0.4, -0.2) is 6.04 Å². The average molecular weight is 238 g/mol. The molecule has 1 aromatic rings. The monoisotopic (exact) mass is 237 g/mol. The van der Waals surface area contributed by atoms with E-state index in [0.717, 1.165) is 12.0 Å². The number of hydrogen-bond donors (Lipinski definition) is 1. The lowest BCUT2D eigenvalue weighted by molar-refractivity contribution is 0.689. The van der Waals surface area contributed by atoms with Crippen LogP contribution in [0.2, 0.25) is 0 Å². The summed E-state index contributed by atoms with van der Waals surface area (Å²) < 4.78 is 1.21. The summed E-state index contributed by atoms with van der Waals surface area (Å²) >= 11 is 3.53. The van der Waals surface area contributed by atoms with Crippen LogP contribution in [0.25, 0.3) is 0 Å². The number of benzene rings is 1. The number of anilines is 1. The Morgan fingerprint density at radius 3 is 3.15 bits per heavy atom. The van der Waals surface area contributed by atoms with Gasteiger partial charge in [0.1, 0.15) is 0 Å². The van der Waals surface area contributed by atoms with Gasteiger partial charge in [0.25, 0.3) is 0 Å². The molecule has 0 aromatic heterocycles. The number of fused-ring (bicyclic) bond motifs is 3. The molecule has 0 saturated heterocycles. The third-order valence-corrected chi connectivity index (χ3v) is 3.76. The van der Waals surface area contributed by atoms with Crippen molar-refractivity contribution in [2.45, 2.75) is 31.2 Å². The van der Waals surface area contributed by atoms with Gasteiger partial charge in [0.2, 0.25) is 0 Å². The lowest BCUT2D eigenvalue weighted by atomic mass is 9.98. The van der Waals surface area contributed by atoms with Crippen LogP contribution in [0.15, 0.2) is 22.7 Å². The largest absolute Gasteiger partial charge is 0.381 e. The molecule has 1 nitrogen and oxygen atoms in total.